The number of amides is 2. The third kappa shape index (κ3) is 10.7. The molecule has 11 heteroatoms. The molecule has 2 aliphatic rings. The average Bonchev–Trinajstić information content (AvgIpc) is 3.20. The van der Waals surface area contributed by atoms with E-state index in [2.05, 4.69) is 85.9 Å². The van der Waals surface area contributed by atoms with Gasteiger partial charge in [-0.05, 0) is 52.8 Å². The summed E-state index contributed by atoms with van der Waals surface area (Å²) in [6.45, 7) is 9.12. The topological polar surface area (TPSA) is 129 Å². The zero-order valence-electron chi connectivity index (χ0n) is 30.8. The molecule has 0 bridgehead atoms. The first-order valence-electron chi connectivity index (χ1n) is 18.8. The van der Waals surface area contributed by atoms with Crippen LogP contribution >= 0.6 is 0 Å². The van der Waals surface area contributed by atoms with Crippen LogP contribution in [0.25, 0.3) is 11.1 Å². The van der Waals surface area contributed by atoms with Crippen LogP contribution in [0.1, 0.15) is 74.2 Å². The number of hydrogen-bond donors (Lipinski definition) is 3. The van der Waals surface area contributed by atoms with Crippen LogP contribution in [0.3, 0.4) is 0 Å². The smallest absolute Gasteiger partial charge is 0.225 e. The second kappa shape index (κ2) is 18.9. The van der Waals surface area contributed by atoms with Gasteiger partial charge in [-0.3, -0.25) is 14.5 Å². The van der Waals surface area contributed by atoms with Crippen molar-refractivity contribution in [2.45, 2.75) is 71.2 Å². The summed E-state index contributed by atoms with van der Waals surface area (Å²) in [5, 5.41) is 15.5. The van der Waals surface area contributed by atoms with Crippen LogP contribution in [0.15, 0.2) is 91.3 Å². The molecule has 280 valence electrons. The normalized spacial score (nSPS) is 20.5. The maximum absolute atomic E-state index is 12.4. The first kappa shape index (κ1) is 38.1. The maximum atomic E-state index is 12.4. The van der Waals surface area contributed by atoms with Crippen molar-refractivity contribution in [1.82, 2.24) is 25.5 Å². The minimum atomic E-state index is -0.543. The largest absolute Gasteiger partial charge is 0.392 e. The number of carbonyl (C=O) groups is 2. The number of nitrogens with zero attached hydrogens (tertiary/aromatic N) is 4. The van der Waals surface area contributed by atoms with Gasteiger partial charge in [0, 0.05) is 83.0 Å². The molecule has 11 nitrogen and oxygen atoms in total. The van der Waals surface area contributed by atoms with E-state index >= 15 is 0 Å². The quantitative estimate of drug-likeness (QED) is 0.135. The van der Waals surface area contributed by atoms with Crippen LogP contribution in [0.4, 0.5) is 5.95 Å². The Hall–Kier alpha value is -4.68. The number of aromatic nitrogens is 2. The van der Waals surface area contributed by atoms with E-state index in [9.17, 15) is 14.7 Å². The SMILES string of the molecule is CC(=O)NCCCCCC(=O)NCc1cccc(-c2ccc(C3OC(CN4CCN(c5ncccn5)CC4)C(C)C(c4ccc(CO)cc4)O3)cc2)c1. The number of ether oxygens (including phenoxy) is 2. The van der Waals surface area contributed by atoms with Gasteiger partial charge in [-0.2, -0.15) is 0 Å². The van der Waals surface area contributed by atoms with Gasteiger partial charge >= 0.3 is 0 Å². The predicted octanol–water partition coefficient (Wildman–Crippen LogP) is 5.56. The zero-order chi connectivity index (χ0) is 37.0. The van der Waals surface area contributed by atoms with Gasteiger partial charge < -0.3 is 30.1 Å². The van der Waals surface area contributed by atoms with E-state index in [1.165, 1.54) is 6.92 Å². The Bertz CT molecular complexity index is 1750. The lowest BCUT2D eigenvalue weighted by molar-refractivity contribution is -0.276. The van der Waals surface area contributed by atoms with Crippen molar-refractivity contribution in [2.24, 2.45) is 5.92 Å². The number of hydrogen-bond acceptors (Lipinski definition) is 9. The third-order valence-electron chi connectivity index (χ3n) is 10.2. The molecule has 6 rings (SSSR count). The molecule has 2 fully saturated rings. The Morgan fingerprint density at radius 1 is 0.811 bits per heavy atom. The highest BCUT2D eigenvalue weighted by atomic mass is 16.7. The van der Waals surface area contributed by atoms with Crippen LogP contribution in [0.5, 0.6) is 0 Å². The second-order valence-corrected chi connectivity index (χ2v) is 14.1. The number of piperazine rings is 1. The molecular formula is C42H52N6O5. The van der Waals surface area contributed by atoms with E-state index in [0.29, 0.717) is 19.5 Å². The van der Waals surface area contributed by atoms with E-state index in [0.717, 1.165) is 91.3 Å². The molecule has 4 aromatic rings. The number of nitrogens with one attached hydrogen (secondary N) is 2. The van der Waals surface area contributed by atoms with E-state index in [1.54, 1.807) is 12.4 Å². The van der Waals surface area contributed by atoms with Crippen molar-refractivity contribution in [1.29, 1.82) is 0 Å². The highest BCUT2D eigenvalue weighted by Crippen LogP contribution is 2.42. The number of benzene rings is 3. The van der Waals surface area contributed by atoms with Crippen LogP contribution in [0, 0.1) is 5.92 Å². The minimum absolute atomic E-state index is 0.00262. The molecule has 2 aliphatic heterocycles. The number of aliphatic hydroxyl groups is 1. The van der Waals surface area contributed by atoms with Gasteiger partial charge in [-0.1, -0.05) is 80.1 Å². The molecule has 3 aromatic carbocycles. The summed E-state index contributed by atoms with van der Waals surface area (Å²) < 4.78 is 13.5. The summed E-state index contributed by atoms with van der Waals surface area (Å²) in [6.07, 6.45) is 5.83. The molecule has 4 atom stereocenters. The highest BCUT2D eigenvalue weighted by Gasteiger charge is 2.39. The fourth-order valence-corrected chi connectivity index (χ4v) is 7.00. The van der Waals surface area contributed by atoms with E-state index in [1.807, 2.05) is 30.3 Å². The van der Waals surface area contributed by atoms with Crippen molar-refractivity contribution in [3.05, 3.63) is 114 Å². The summed E-state index contributed by atoms with van der Waals surface area (Å²) >= 11 is 0. The molecule has 53 heavy (non-hydrogen) atoms. The molecule has 0 radical (unpaired) electrons. The standard InChI is InChI=1S/C42H52N6O5/c1-30-38(28-47-22-24-48(25-23-47)42-44-20-7-21-45-42)52-41(53-40(30)35-13-11-32(29-49)12-14-35)36-17-15-34(16-18-36)37-9-6-8-33(26-37)27-46-39(51)10-4-3-5-19-43-31(2)50/h6-9,11-18,20-21,26,30,38,40-41,49H,3-5,10,19,22-25,27-29H2,1-2H3,(H,43,50)(H,46,51). The Balaban J connectivity index is 1.08. The van der Waals surface area contributed by atoms with Crippen molar-refractivity contribution in [2.75, 3.05) is 44.2 Å². The Labute approximate surface area is 312 Å². The number of unbranched alkanes of at least 4 members (excludes halogenated alkanes) is 2. The fraction of sp³-hybridized carbons (Fsp3) is 0.429. The van der Waals surface area contributed by atoms with Gasteiger partial charge in [0.25, 0.3) is 0 Å². The van der Waals surface area contributed by atoms with Gasteiger partial charge in [-0.25, -0.2) is 9.97 Å². The van der Waals surface area contributed by atoms with Crippen molar-refractivity contribution >= 4 is 17.8 Å². The lowest BCUT2D eigenvalue weighted by Gasteiger charge is -2.44. The minimum Gasteiger partial charge on any atom is -0.392 e. The van der Waals surface area contributed by atoms with Gasteiger partial charge in [0.05, 0.1) is 18.8 Å². The molecule has 2 amide bonds. The number of carbonyl (C=O) groups excluding carboxylic acids is 2. The summed E-state index contributed by atoms with van der Waals surface area (Å²) in [6, 6.07) is 26.5. The molecule has 0 aliphatic carbocycles. The summed E-state index contributed by atoms with van der Waals surface area (Å²) in [5.74, 6) is 0.879. The van der Waals surface area contributed by atoms with Crippen molar-refractivity contribution in [3.63, 3.8) is 0 Å². The van der Waals surface area contributed by atoms with Crippen LogP contribution in [-0.4, -0.2) is 77.2 Å². The first-order chi connectivity index (χ1) is 25.9. The Kier molecular flexibility index (Phi) is 13.6. The van der Waals surface area contributed by atoms with Crippen LogP contribution < -0.4 is 15.5 Å². The number of aliphatic hydroxyl groups excluding tert-OH is 1. The summed E-state index contributed by atoms with van der Waals surface area (Å²) in [7, 11) is 0. The maximum Gasteiger partial charge on any atom is 0.225 e. The van der Waals surface area contributed by atoms with Gasteiger partial charge in [0.1, 0.15) is 0 Å². The molecule has 1 aromatic heterocycles. The van der Waals surface area contributed by atoms with E-state index in [4.69, 9.17) is 9.47 Å². The van der Waals surface area contributed by atoms with Gasteiger partial charge in [-0.15, -0.1) is 0 Å². The van der Waals surface area contributed by atoms with E-state index < -0.39 is 6.29 Å². The van der Waals surface area contributed by atoms with Gasteiger partial charge in [0.2, 0.25) is 17.8 Å². The third-order valence-corrected chi connectivity index (χ3v) is 10.2. The predicted molar refractivity (Wildman–Crippen MR) is 205 cm³/mol. The average molecular weight is 721 g/mol. The molecule has 4 unspecified atom stereocenters. The molecule has 0 spiro atoms. The summed E-state index contributed by atoms with van der Waals surface area (Å²) in [5.41, 5.74) is 6.07. The first-order valence-corrected chi connectivity index (χ1v) is 18.8. The summed E-state index contributed by atoms with van der Waals surface area (Å²) in [4.78, 5) is 37.0. The lowest BCUT2D eigenvalue weighted by atomic mass is 9.89. The van der Waals surface area contributed by atoms with E-state index in [-0.39, 0.29) is 36.5 Å². The molecular weight excluding hydrogens is 668 g/mol. The van der Waals surface area contributed by atoms with Crippen LogP contribution in [-0.2, 0) is 32.2 Å². The molecule has 3 N–H and O–H groups in total. The molecule has 3 heterocycles. The molecule has 2 saturated heterocycles. The zero-order valence-corrected chi connectivity index (χ0v) is 30.8. The Morgan fingerprint density at radius 2 is 1.55 bits per heavy atom. The molecule has 0 saturated carbocycles. The van der Waals surface area contributed by atoms with Crippen LogP contribution in [0.2, 0.25) is 0 Å². The second-order valence-electron chi connectivity index (χ2n) is 14.1. The van der Waals surface area contributed by atoms with Crippen molar-refractivity contribution in [3.8, 4) is 11.1 Å². The monoisotopic (exact) mass is 720 g/mol. The lowest BCUT2D eigenvalue weighted by Crippen LogP contribution is -2.51. The number of anilines is 1. The highest BCUT2D eigenvalue weighted by molar-refractivity contribution is 5.76. The Morgan fingerprint density at radius 3 is 2.26 bits per heavy atom. The van der Waals surface area contributed by atoms with Gasteiger partial charge in [0.15, 0.2) is 6.29 Å². The number of rotatable bonds is 15. The van der Waals surface area contributed by atoms with Crippen molar-refractivity contribution < 1.29 is 24.2 Å². The fourth-order valence-electron chi connectivity index (χ4n) is 7.00.